The van der Waals surface area contributed by atoms with E-state index in [1.807, 2.05) is 30.3 Å². The minimum atomic E-state index is -0.323. The molecule has 2 nitrogen and oxygen atoms in total. The van der Waals surface area contributed by atoms with Crippen LogP contribution in [0.4, 0.5) is 0 Å². The first-order valence-corrected chi connectivity index (χ1v) is 8.71. The van der Waals surface area contributed by atoms with Crippen LogP contribution in [-0.2, 0) is 6.54 Å². The van der Waals surface area contributed by atoms with Crippen molar-refractivity contribution in [3.63, 3.8) is 0 Å². The first-order chi connectivity index (χ1) is 10.7. The highest BCUT2D eigenvalue weighted by Crippen LogP contribution is 2.31. The Morgan fingerprint density at radius 2 is 1.64 bits per heavy atom. The zero-order valence-corrected chi connectivity index (χ0v) is 14.2. The Morgan fingerprint density at radius 3 is 2.27 bits per heavy atom. The van der Waals surface area contributed by atoms with Crippen LogP contribution in [0.25, 0.3) is 0 Å². The molecule has 2 aromatic carbocycles. The zero-order chi connectivity index (χ0) is 15.4. The van der Waals surface area contributed by atoms with Gasteiger partial charge < -0.3 is 5.11 Å². The van der Waals surface area contributed by atoms with E-state index < -0.39 is 0 Å². The molecule has 1 saturated heterocycles. The lowest BCUT2D eigenvalue weighted by Gasteiger charge is -2.34. The van der Waals surface area contributed by atoms with Crippen LogP contribution in [0.15, 0.2) is 59.1 Å². The van der Waals surface area contributed by atoms with Crippen molar-refractivity contribution in [3.05, 3.63) is 70.2 Å². The minimum Gasteiger partial charge on any atom is -0.388 e. The molecule has 3 rings (SSSR count). The van der Waals surface area contributed by atoms with Gasteiger partial charge in [0.05, 0.1) is 6.10 Å². The second kappa shape index (κ2) is 7.40. The van der Waals surface area contributed by atoms with E-state index in [1.165, 1.54) is 5.56 Å². The maximum absolute atomic E-state index is 10.5. The van der Waals surface area contributed by atoms with Crippen molar-refractivity contribution in [2.75, 3.05) is 13.1 Å². The average molecular weight is 360 g/mol. The molecule has 1 unspecified atom stereocenters. The van der Waals surface area contributed by atoms with E-state index in [2.05, 4.69) is 45.1 Å². The molecule has 0 spiro atoms. The third-order valence-electron chi connectivity index (χ3n) is 4.54. The van der Waals surface area contributed by atoms with Crippen LogP contribution >= 0.6 is 15.9 Å². The molecule has 1 aliphatic heterocycles. The summed E-state index contributed by atoms with van der Waals surface area (Å²) in [4.78, 5) is 2.48. The Hall–Kier alpha value is -1.16. The molecule has 0 saturated carbocycles. The summed E-state index contributed by atoms with van der Waals surface area (Å²) in [6.07, 6.45) is 1.80. The topological polar surface area (TPSA) is 23.5 Å². The van der Waals surface area contributed by atoms with Gasteiger partial charge in [0.25, 0.3) is 0 Å². The second-order valence-corrected chi connectivity index (χ2v) is 7.01. The number of piperidine rings is 1. The Kier molecular flexibility index (Phi) is 5.29. The van der Waals surface area contributed by atoms with Crippen molar-refractivity contribution >= 4 is 15.9 Å². The summed E-state index contributed by atoms with van der Waals surface area (Å²) in [6, 6.07) is 18.6. The van der Waals surface area contributed by atoms with Gasteiger partial charge in [-0.1, -0.05) is 58.4 Å². The maximum Gasteiger partial charge on any atom is 0.0819 e. The average Bonchev–Trinajstić information content (AvgIpc) is 2.58. The molecule has 0 aliphatic carbocycles. The van der Waals surface area contributed by atoms with Crippen LogP contribution in [0.5, 0.6) is 0 Å². The van der Waals surface area contributed by atoms with Gasteiger partial charge >= 0.3 is 0 Å². The zero-order valence-electron chi connectivity index (χ0n) is 12.7. The number of nitrogens with zero attached hydrogens (tertiary/aromatic N) is 1. The van der Waals surface area contributed by atoms with Gasteiger partial charge in [-0.05, 0) is 55.1 Å². The molecule has 0 bridgehead atoms. The monoisotopic (exact) mass is 359 g/mol. The van der Waals surface area contributed by atoms with Gasteiger partial charge in [-0.2, -0.15) is 0 Å². The van der Waals surface area contributed by atoms with Crippen LogP contribution in [0.1, 0.15) is 30.1 Å². The van der Waals surface area contributed by atoms with Gasteiger partial charge in [0, 0.05) is 11.0 Å². The third kappa shape index (κ3) is 3.97. The lowest BCUT2D eigenvalue weighted by molar-refractivity contribution is 0.0568. The summed E-state index contributed by atoms with van der Waals surface area (Å²) in [5, 5.41) is 10.5. The first-order valence-electron chi connectivity index (χ1n) is 7.92. The smallest absolute Gasteiger partial charge is 0.0819 e. The first kappa shape index (κ1) is 15.7. The number of halogens is 1. The molecule has 2 aromatic rings. The van der Waals surface area contributed by atoms with Gasteiger partial charge in [0.2, 0.25) is 0 Å². The van der Waals surface area contributed by atoms with Gasteiger partial charge in [-0.25, -0.2) is 0 Å². The molecular formula is C19H22BrNO. The Balaban J connectivity index is 1.53. The highest BCUT2D eigenvalue weighted by atomic mass is 79.9. The Morgan fingerprint density at radius 1 is 1.00 bits per heavy atom. The lowest BCUT2D eigenvalue weighted by Crippen LogP contribution is -2.35. The summed E-state index contributed by atoms with van der Waals surface area (Å²) >= 11 is 3.48. The van der Waals surface area contributed by atoms with Crippen molar-refractivity contribution in [2.45, 2.75) is 25.5 Å². The Bertz CT molecular complexity index is 576. The number of aliphatic hydroxyl groups is 1. The van der Waals surface area contributed by atoms with Crippen LogP contribution in [0, 0.1) is 5.92 Å². The van der Waals surface area contributed by atoms with Crippen molar-refractivity contribution in [2.24, 2.45) is 5.92 Å². The SMILES string of the molecule is OC(c1ccccc1)C1CCN(Cc2ccc(Br)cc2)CC1. The van der Waals surface area contributed by atoms with Crippen LogP contribution in [0.2, 0.25) is 0 Å². The molecule has 1 heterocycles. The highest BCUT2D eigenvalue weighted by Gasteiger charge is 2.26. The normalized spacial score (nSPS) is 18.3. The fourth-order valence-electron chi connectivity index (χ4n) is 3.20. The fraction of sp³-hybridized carbons (Fsp3) is 0.368. The Labute approximate surface area is 140 Å². The van der Waals surface area contributed by atoms with Crippen LogP contribution < -0.4 is 0 Å². The minimum absolute atomic E-state index is 0.323. The van der Waals surface area contributed by atoms with E-state index in [0.717, 1.165) is 42.5 Å². The number of hydrogen-bond donors (Lipinski definition) is 1. The molecule has 0 radical (unpaired) electrons. The molecule has 1 fully saturated rings. The molecule has 116 valence electrons. The van der Waals surface area contributed by atoms with Crippen molar-refractivity contribution < 1.29 is 5.11 Å². The van der Waals surface area contributed by atoms with Gasteiger partial charge in [-0.15, -0.1) is 0 Å². The standard InChI is InChI=1S/C19H22BrNO/c20-18-8-6-15(7-9-18)14-21-12-10-17(11-13-21)19(22)16-4-2-1-3-5-16/h1-9,17,19,22H,10-14H2. The molecule has 0 amide bonds. The molecular weight excluding hydrogens is 338 g/mol. The maximum atomic E-state index is 10.5. The molecule has 3 heteroatoms. The second-order valence-electron chi connectivity index (χ2n) is 6.10. The predicted molar refractivity (Wildman–Crippen MR) is 93.5 cm³/mol. The van der Waals surface area contributed by atoms with E-state index in [-0.39, 0.29) is 6.10 Å². The number of benzene rings is 2. The summed E-state index contributed by atoms with van der Waals surface area (Å²) in [5.74, 6) is 0.378. The predicted octanol–water partition coefficient (Wildman–Crippen LogP) is 4.39. The van der Waals surface area contributed by atoms with E-state index in [0.29, 0.717) is 5.92 Å². The molecule has 1 N–H and O–H groups in total. The van der Waals surface area contributed by atoms with Gasteiger partial charge in [0.15, 0.2) is 0 Å². The molecule has 22 heavy (non-hydrogen) atoms. The highest BCUT2D eigenvalue weighted by molar-refractivity contribution is 9.10. The van der Waals surface area contributed by atoms with Gasteiger partial charge in [0.1, 0.15) is 0 Å². The fourth-order valence-corrected chi connectivity index (χ4v) is 3.46. The molecule has 1 aliphatic rings. The van der Waals surface area contributed by atoms with E-state index in [9.17, 15) is 5.11 Å². The number of hydrogen-bond acceptors (Lipinski definition) is 2. The number of aliphatic hydroxyl groups excluding tert-OH is 1. The van der Waals surface area contributed by atoms with Crippen molar-refractivity contribution in [3.8, 4) is 0 Å². The molecule has 1 atom stereocenters. The quantitative estimate of drug-likeness (QED) is 0.874. The van der Waals surface area contributed by atoms with E-state index in [1.54, 1.807) is 0 Å². The van der Waals surface area contributed by atoms with E-state index in [4.69, 9.17) is 0 Å². The van der Waals surface area contributed by atoms with Crippen molar-refractivity contribution in [1.82, 2.24) is 4.90 Å². The number of likely N-dealkylation sites (tertiary alicyclic amines) is 1. The van der Waals surface area contributed by atoms with Crippen LogP contribution in [0.3, 0.4) is 0 Å². The summed E-state index contributed by atoms with van der Waals surface area (Å²) in [7, 11) is 0. The van der Waals surface area contributed by atoms with Crippen molar-refractivity contribution in [1.29, 1.82) is 0 Å². The summed E-state index contributed by atoms with van der Waals surface area (Å²) < 4.78 is 1.13. The summed E-state index contributed by atoms with van der Waals surface area (Å²) in [5.41, 5.74) is 2.40. The number of rotatable bonds is 4. The largest absolute Gasteiger partial charge is 0.388 e. The molecule has 0 aromatic heterocycles. The van der Waals surface area contributed by atoms with E-state index >= 15 is 0 Å². The lowest BCUT2D eigenvalue weighted by atomic mass is 9.87. The van der Waals surface area contributed by atoms with Crippen LogP contribution in [-0.4, -0.2) is 23.1 Å². The van der Waals surface area contributed by atoms with Gasteiger partial charge in [-0.3, -0.25) is 4.90 Å². The third-order valence-corrected chi connectivity index (χ3v) is 5.07. The summed E-state index contributed by atoms with van der Waals surface area (Å²) in [6.45, 7) is 3.12.